The van der Waals surface area contributed by atoms with Gasteiger partial charge >= 0.3 is 6.18 Å². The SMILES string of the molecule is [2H]c1cc(C([2H])([2H])C(C)(C)C)c(C(C)(C)C)cc1C(F)(F)F. The molecule has 19 heavy (non-hydrogen) atoms. The van der Waals surface area contributed by atoms with Crippen LogP contribution in [0.25, 0.3) is 0 Å². The molecule has 0 bridgehead atoms. The van der Waals surface area contributed by atoms with Gasteiger partial charge in [-0.15, -0.1) is 0 Å². The lowest BCUT2D eigenvalue weighted by molar-refractivity contribution is -0.137. The van der Waals surface area contributed by atoms with E-state index in [1.807, 2.05) is 0 Å². The largest absolute Gasteiger partial charge is 0.416 e. The molecule has 0 fully saturated rings. The van der Waals surface area contributed by atoms with E-state index < -0.39 is 35.0 Å². The summed E-state index contributed by atoms with van der Waals surface area (Å²) in [5.74, 6) is 0. The van der Waals surface area contributed by atoms with E-state index in [4.69, 9.17) is 4.11 Å². The van der Waals surface area contributed by atoms with E-state index in [1.54, 1.807) is 41.5 Å². The Labute approximate surface area is 118 Å². The van der Waals surface area contributed by atoms with Crippen LogP contribution in [0.4, 0.5) is 13.2 Å². The van der Waals surface area contributed by atoms with Gasteiger partial charge in [-0.3, -0.25) is 0 Å². The van der Waals surface area contributed by atoms with Crippen molar-refractivity contribution in [2.45, 2.75) is 59.5 Å². The molecule has 1 rings (SSSR count). The standard InChI is InChI=1S/C16H23F3/c1-14(2,3)10-11-7-8-12(16(17,18)19)9-13(11)15(4,5)6/h7-9H,10H2,1-6H3/i8D,10D2. The molecule has 0 heterocycles. The predicted molar refractivity (Wildman–Crippen MR) is 73.3 cm³/mol. The molecule has 3 heteroatoms. The molecule has 1 aromatic carbocycles. The van der Waals surface area contributed by atoms with Crippen LogP contribution in [0.2, 0.25) is 0 Å². The quantitative estimate of drug-likeness (QED) is 0.626. The second kappa shape index (κ2) is 4.84. The fourth-order valence-corrected chi connectivity index (χ4v) is 1.78. The minimum Gasteiger partial charge on any atom is -0.166 e. The van der Waals surface area contributed by atoms with Crippen molar-refractivity contribution >= 4 is 0 Å². The molecule has 0 aliphatic rings. The average Bonchev–Trinajstić information content (AvgIpc) is 2.23. The average molecular weight is 275 g/mol. The van der Waals surface area contributed by atoms with Crippen molar-refractivity contribution in [1.29, 1.82) is 0 Å². The fourth-order valence-electron chi connectivity index (χ4n) is 1.78. The van der Waals surface area contributed by atoms with Crippen LogP contribution < -0.4 is 0 Å². The Bertz CT molecular complexity index is 562. The molecule has 0 spiro atoms. The number of rotatable bonds is 1. The second-order valence-electron chi connectivity index (χ2n) is 6.80. The summed E-state index contributed by atoms with van der Waals surface area (Å²) in [4.78, 5) is 0. The molecule has 0 atom stereocenters. The maximum absolute atomic E-state index is 13.1. The van der Waals surface area contributed by atoms with E-state index in [2.05, 4.69) is 0 Å². The summed E-state index contributed by atoms with van der Waals surface area (Å²) in [5, 5.41) is 0. The van der Waals surface area contributed by atoms with E-state index in [0.29, 0.717) is 0 Å². The molecule has 0 aliphatic heterocycles. The zero-order valence-electron chi connectivity index (χ0n) is 15.3. The molecule has 0 amide bonds. The number of hydrogen-bond donors (Lipinski definition) is 0. The van der Waals surface area contributed by atoms with Gasteiger partial charge in [-0.1, -0.05) is 47.6 Å². The summed E-state index contributed by atoms with van der Waals surface area (Å²) in [6.45, 7) is 10.3. The van der Waals surface area contributed by atoms with Gasteiger partial charge in [0.25, 0.3) is 0 Å². The Morgan fingerprint density at radius 2 is 1.63 bits per heavy atom. The highest BCUT2D eigenvalue weighted by molar-refractivity contribution is 5.38. The molecule has 0 N–H and O–H groups in total. The summed E-state index contributed by atoms with van der Waals surface area (Å²) in [5.41, 5.74) is -2.05. The number of halogens is 3. The first-order chi connectivity index (χ1) is 9.49. The lowest BCUT2D eigenvalue weighted by Gasteiger charge is -2.28. The fraction of sp³-hybridized carbons (Fsp3) is 0.625. The molecule has 0 aromatic heterocycles. The van der Waals surface area contributed by atoms with Crippen LogP contribution in [0.3, 0.4) is 0 Å². The molecule has 0 saturated heterocycles. The Kier molecular flexibility index (Phi) is 3.01. The molecule has 0 nitrogen and oxygen atoms in total. The van der Waals surface area contributed by atoms with Crippen molar-refractivity contribution < 1.29 is 17.3 Å². The van der Waals surface area contributed by atoms with Crippen molar-refractivity contribution in [1.82, 2.24) is 0 Å². The molecule has 0 saturated carbocycles. The normalized spacial score (nSPS) is 16.8. The van der Waals surface area contributed by atoms with Crippen LogP contribution >= 0.6 is 0 Å². The first-order valence-electron chi connectivity index (χ1n) is 7.72. The van der Waals surface area contributed by atoms with Gasteiger partial charge < -0.3 is 0 Å². The van der Waals surface area contributed by atoms with Gasteiger partial charge in [0.2, 0.25) is 0 Å². The number of hydrogen-bond acceptors (Lipinski definition) is 0. The Hall–Kier alpha value is -0.990. The third-order valence-electron chi connectivity index (χ3n) is 2.57. The third kappa shape index (κ3) is 4.55. The summed E-state index contributed by atoms with van der Waals surface area (Å²) < 4.78 is 63.6. The summed E-state index contributed by atoms with van der Waals surface area (Å²) in [6, 6.07) is 1.28. The maximum Gasteiger partial charge on any atom is 0.416 e. The first-order valence-corrected chi connectivity index (χ1v) is 6.22. The van der Waals surface area contributed by atoms with Crippen LogP contribution in [-0.2, 0) is 18.0 Å². The molecule has 1 aromatic rings. The molecule has 0 unspecified atom stereocenters. The highest BCUT2D eigenvalue weighted by atomic mass is 19.4. The van der Waals surface area contributed by atoms with Crippen molar-refractivity contribution in [2.24, 2.45) is 5.41 Å². The van der Waals surface area contributed by atoms with Crippen molar-refractivity contribution in [2.75, 3.05) is 0 Å². The van der Waals surface area contributed by atoms with Crippen LogP contribution in [0.15, 0.2) is 18.2 Å². The monoisotopic (exact) mass is 275 g/mol. The van der Waals surface area contributed by atoms with Crippen molar-refractivity contribution in [3.63, 3.8) is 0 Å². The van der Waals surface area contributed by atoms with E-state index in [9.17, 15) is 13.2 Å². The topological polar surface area (TPSA) is 0 Å². The molecular formula is C16H23F3. The Morgan fingerprint density at radius 3 is 2.00 bits per heavy atom. The summed E-state index contributed by atoms with van der Waals surface area (Å²) in [6.07, 6.45) is -6.47. The highest BCUT2D eigenvalue weighted by Crippen LogP contribution is 2.36. The number of alkyl halides is 3. The van der Waals surface area contributed by atoms with Crippen LogP contribution in [0.5, 0.6) is 0 Å². The van der Waals surface area contributed by atoms with Crippen LogP contribution in [0, 0.1) is 5.41 Å². The molecule has 0 radical (unpaired) electrons. The molecule has 108 valence electrons. The predicted octanol–water partition coefficient (Wildman–Crippen LogP) is 5.59. The van der Waals surface area contributed by atoms with Gasteiger partial charge in [-0.2, -0.15) is 13.2 Å². The van der Waals surface area contributed by atoms with Crippen molar-refractivity contribution in [3.8, 4) is 0 Å². The van der Waals surface area contributed by atoms with Gasteiger partial charge in [0.05, 0.1) is 6.93 Å². The van der Waals surface area contributed by atoms with Gasteiger partial charge in [-0.25, -0.2) is 0 Å². The van der Waals surface area contributed by atoms with Gasteiger partial charge in [0.1, 0.15) is 0 Å². The Balaban J connectivity index is 3.78. The molecule has 0 aliphatic carbocycles. The van der Waals surface area contributed by atoms with Gasteiger partial charge in [0, 0.05) is 2.74 Å². The second-order valence-corrected chi connectivity index (χ2v) is 6.80. The van der Waals surface area contributed by atoms with Crippen molar-refractivity contribution in [3.05, 3.63) is 34.9 Å². The van der Waals surface area contributed by atoms with Gasteiger partial charge in [0.15, 0.2) is 0 Å². The lowest BCUT2D eigenvalue weighted by atomic mass is 9.78. The van der Waals surface area contributed by atoms with Gasteiger partial charge in [-0.05, 0) is 40.4 Å². The van der Waals surface area contributed by atoms with E-state index in [0.717, 1.165) is 12.1 Å². The molecular weight excluding hydrogens is 249 g/mol. The van der Waals surface area contributed by atoms with Crippen LogP contribution in [0.1, 0.15) is 62.3 Å². The van der Waals surface area contributed by atoms with E-state index >= 15 is 0 Å². The van der Waals surface area contributed by atoms with Crippen LogP contribution in [-0.4, -0.2) is 0 Å². The third-order valence-corrected chi connectivity index (χ3v) is 2.57. The number of benzene rings is 1. The van der Waals surface area contributed by atoms with E-state index in [1.165, 1.54) is 0 Å². The lowest BCUT2D eigenvalue weighted by Crippen LogP contribution is -2.20. The Morgan fingerprint density at radius 1 is 1.11 bits per heavy atom. The minimum absolute atomic E-state index is 0.158. The first kappa shape index (κ1) is 11.8. The smallest absolute Gasteiger partial charge is 0.166 e. The summed E-state index contributed by atoms with van der Waals surface area (Å²) >= 11 is 0. The highest BCUT2D eigenvalue weighted by Gasteiger charge is 2.32. The summed E-state index contributed by atoms with van der Waals surface area (Å²) in [7, 11) is 0. The zero-order valence-corrected chi connectivity index (χ0v) is 12.3. The maximum atomic E-state index is 13.1. The minimum atomic E-state index is -4.62. The van der Waals surface area contributed by atoms with E-state index in [-0.39, 0.29) is 11.1 Å². The zero-order chi connectivity index (χ0) is 17.7.